The van der Waals surface area contributed by atoms with Crippen LogP contribution >= 0.6 is 0 Å². The Balaban J connectivity index is 0.000000236. The summed E-state index contributed by atoms with van der Waals surface area (Å²) in [6.45, 7) is 10.3. The number of benzene rings is 6. The predicted octanol–water partition coefficient (Wildman–Crippen LogP) is 9.30. The quantitative estimate of drug-likeness (QED) is 0.0455. The Morgan fingerprint density at radius 2 is 0.732 bits per heavy atom. The number of rotatable bonds is 22. The van der Waals surface area contributed by atoms with Crippen LogP contribution in [0, 0.1) is 51.4 Å². The van der Waals surface area contributed by atoms with Gasteiger partial charge in [-0.15, -0.1) is 0 Å². The molecule has 6 atom stereocenters. The lowest BCUT2D eigenvalue weighted by Crippen LogP contribution is -2.33. The molecule has 2 heterocycles. The molecule has 2 saturated heterocycles. The summed E-state index contributed by atoms with van der Waals surface area (Å²) in [6.07, 6.45) is -0.226. The van der Waals surface area contributed by atoms with Crippen LogP contribution in [0.2, 0.25) is 0 Å². The maximum Gasteiger partial charge on any atom is 0.306 e. The van der Waals surface area contributed by atoms with Crippen molar-refractivity contribution in [3.63, 3.8) is 0 Å². The van der Waals surface area contributed by atoms with E-state index in [9.17, 15) is 43.3 Å². The van der Waals surface area contributed by atoms with E-state index in [0.29, 0.717) is 22.6 Å². The standard InChI is InChI=1S/2C30H35NO8S2/c2*1-5-38-29(32)18-23-19-31(40(33,34)24-14-10-21(2)11-15-24)30(26-8-6-7-9-28(26)37-4)27(23)20-39-41(35,36)25-16-12-22(3)13-17-25/h2*6-17,23,27,30H,5,18-20H2,1-4H3/t2*23-,27+,30-/m11/s1. The first-order valence-electron chi connectivity index (χ1n) is 26.6. The summed E-state index contributed by atoms with van der Waals surface area (Å²) in [7, 11) is -13.5. The largest absolute Gasteiger partial charge is 0.496 e. The molecule has 6 aromatic rings. The highest BCUT2D eigenvalue weighted by Crippen LogP contribution is 2.50. The second-order valence-electron chi connectivity index (χ2n) is 20.1. The van der Waals surface area contributed by atoms with Gasteiger partial charge in [0.25, 0.3) is 20.2 Å². The van der Waals surface area contributed by atoms with E-state index in [1.807, 2.05) is 27.7 Å². The number of ether oxygens (including phenoxy) is 4. The molecule has 18 nitrogen and oxygen atoms in total. The van der Waals surface area contributed by atoms with Gasteiger partial charge < -0.3 is 18.9 Å². The molecular weight excluding hydrogens is 1130 g/mol. The molecule has 2 aliphatic rings. The number of hydrogen-bond donors (Lipinski definition) is 0. The van der Waals surface area contributed by atoms with Crippen LogP contribution in [0.3, 0.4) is 0 Å². The highest BCUT2D eigenvalue weighted by Gasteiger charge is 2.52. The number of methoxy groups -OCH3 is 2. The highest BCUT2D eigenvalue weighted by atomic mass is 32.2. The Bertz CT molecular complexity index is 3380. The molecule has 0 N–H and O–H groups in total. The summed E-state index contributed by atoms with van der Waals surface area (Å²) in [5, 5.41) is 0. The number of aryl methyl sites for hydroxylation is 4. The molecule has 6 aromatic carbocycles. The lowest BCUT2D eigenvalue weighted by molar-refractivity contribution is -0.145. The van der Waals surface area contributed by atoms with Crippen LogP contribution in [-0.4, -0.2) is 108 Å². The molecular formula is C60H70N2O16S4. The van der Waals surface area contributed by atoms with Gasteiger partial charge in [0.05, 0.1) is 85.2 Å². The zero-order chi connectivity index (χ0) is 59.6. The molecule has 0 amide bonds. The van der Waals surface area contributed by atoms with E-state index in [1.165, 1.54) is 71.4 Å². The number of hydrogen-bond acceptors (Lipinski definition) is 16. The van der Waals surface area contributed by atoms with E-state index in [-0.39, 0.29) is 71.9 Å². The third-order valence-corrected chi connectivity index (χ3v) is 20.9. The van der Waals surface area contributed by atoms with Crippen molar-refractivity contribution in [3.8, 4) is 11.5 Å². The summed E-state index contributed by atoms with van der Waals surface area (Å²) in [5.74, 6) is -2.79. The van der Waals surface area contributed by atoms with E-state index >= 15 is 0 Å². The second kappa shape index (κ2) is 27.3. The molecule has 0 unspecified atom stereocenters. The van der Waals surface area contributed by atoms with Crippen LogP contribution in [0.4, 0.5) is 0 Å². The summed E-state index contributed by atoms with van der Waals surface area (Å²) in [4.78, 5) is 25.5. The third kappa shape index (κ3) is 14.8. The van der Waals surface area contributed by atoms with Crippen molar-refractivity contribution in [3.05, 3.63) is 179 Å². The summed E-state index contributed by atoms with van der Waals surface area (Å²) >= 11 is 0. The van der Waals surface area contributed by atoms with Crippen molar-refractivity contribution in [2.75, 3.05) is 53.7 Å². The topological polar surface area (TPSA) is 233 Å². The lowest BCUT2D eigenvalue weighted by Gasteiger charge is -2.29. The maximum absolute atomic E-state index is 14.1. The van der Waals surface area contributed by atoms with Crippen LogP contribution in [0.15, 0.2) is 165 Å². The minimum atomic E-state index is -4.17. The molecule has 8 rings (SSSR count). The van der Waals surface area contributed by atoms with Gasteiger partial charge in [0.15, 0.2) is 0 Å². The fourth-order valence-electron chi connectivity index (χ4n) is 10.3. The van der Waals surface area contributed by atoms with E-state index in [1.54, 1.807) is 111 Å². The number of sulfonamides is 2. The SMILES string of the molecule is CCOC(=O)C[C@@H]1CN(S(=O)(=O)c2ccc(C)cc2)[C@H](c2ccccc2OC)[C@H]1COS(=O)(=O)c1ccc(C)cc1.CCOC(=O)C[C@@H]1CN(S(=O)(=O)c2ccc(C)cc2)[C@H](c2ccccc2OC)[C@H]1COS(=O)(=O)c1ccc(C)cc1. The Hall–Kier alpha value is -6.50. The van der Waals surface area contributed by atoms with Crippen LogP contribution in [0.5, 0.6) is 11.5 Å². The van der Waals surface area contributed by atoms with Crippen molar-refractivity contribution >= 4 is 52.2 Å². The zero-order valence-electron chi connectivity index (χ0n) is 47.0. The predicted molar refractivity (Wildman–Crippen MR) is 307 cm³/mol. The number of esters is 2. The van der Waals surface area contributed by atoms with Gasteiger partial charge in [-0.05, 0) is 114 Å². The van der Waals surface area contributed by atoms with Gasteiger partial charge in [-0.25, -0.2) is 16.8 Å². The van der Waals surface area contributed by atoms with Crippen molar-refractivity contribution in [1.29, 1.82) is 0 Å². The van der Waals surface area contributed by atoms with Gasteiger partial charge in [-0.1, -0.05) is 107 Å². The van der Waals surface area contributed by atoms with E-state index in [2.05, 4.69) is 0 Å². The van der Waals surface area contributed by atoms with E-state index < -0.39 is 88.0 Å². The molecule has 440 valence electrons. The molecule has 22 heteroatoms. The number of carbonyl (C=O) groups is 2. The molecule has 82 heavy (non-hydrogen) atoms. The first-order chi connectivity index (χ1) is 38.9. The van der Waals surface area contributed by atoms with Gasteiger partial charge in [0, 0.05) is 36.1 Å². The molecule has 0 spiro atoms. The molecule has 0 aromatic heterocycles. The minimum Gasteiger partial charge on any atom is -0.496 e. The van der Waals surface area contributed by atoms with Crippen molar-refractivity contribution in [1.82, 2.24) is 8.61 Å². The average molecular weight is 1200 g/mol. The van der Waals surface area contributed by atoms with E-state index in [0.717, 1.165) is 22.3 Å². The fourth-order valence-corrected chi connectivity index (χ4v) is 15.6. The summed E-state index contributed by atoms with van der Waals surface area (Å²) < 4.78 is 144. The first kappa shape index (κ1) is 63.1. The first-order valence-corrected chi connectivity index (χ1v) is 32.3. The second-order valence-corrected chi connectivity index (χ2v) is 27.1. The summed E-state index contributed by atoms with van der Waals surface area (Å²) in [5.41, 5.74) is 4.67. The Kier molecular flexibility index (Phi) is 21.0. The highest BCUT2D eigenvalue weighted by molar-refractivity contribution is 7.89. The smallest absolute Gasteiger partial charge is 0.306 e. The minimum absolute atomic E-state index is 0.0129. The van der Waals surface area contributed by atoms with Gasteiger partial charge in [0.1, 0.15) is 11.5 Å². The van der Waals surface area contributed by atoms with Crippen molar-refractivity contribution < 1.29 is 70.6 Å². The summed E-state index contributed by atoms with van der Waals surface area (Å²) in [6, 6.07) is 37.7. The van der Waals surface area contributed by atoms with Gasteiger partial charge in [0.2, 0.25) is 20.0 Å². The Morgan fingerprint density at radius 3 is 1.02 bits per heavy atom. The molecule has 0 radical (unpaired) electrons. The zero-order valence-corrected chi connectivity index (χ0v) is 50.3. The number of carbonyl (C=O) groups excluding carboxylic acids is 2. The number of para-hydroxylation sites is 2. The fraction of sp³-hybridized carbons (Fsp3) is 0.367. The van der Waals surface area contributed by atoms with Gasteiger partial charge >= 0.3 is 11.9 Å². The molecule has 0 bridgehead atoms. The van der Waals surface area contributed by atoms with Gasteiger partial charge in [-0.2, -0.15) is 25.4 Å². The third-order valence-electron chi connectivity index (χ3n) is 14.6. The molecule has 2 fully saturated rings. The van der Waals surface area contributed by atoms with Crippen molar-refractivity contribution in [2.45, 2.75) is 86.0 Å². The van der Waals surface area contributed by atoms with Crippen molar-refractivity contribution in [2.24, 2.45) is 23.7 Å². The molecule has 2 aliphatic heterocycles. The van der Waals surface area contributed by atoms with Crippen LogP contribution < -0.4 is 9.47 Å². The average Bonchev–Trinajstić information content (AvgIpc) is 4.24. The normalized spacial score (nSPS) is 19.7. The molecule has 0 saturated carbocycles. The lowest BCUT2D eigenvalue weighted by atomic mass is 9.85. The van der Waals surface area contributed by atoms with Crippen LogP contribution in [0.1, 0.15) is 72.2 Å². The van der Waals surface area contributed by atoms with Crippen LogP contribution in [-0.2, 0) is 67.7 Å². The maximum atomic E-state index is 14.1. The van der Waals surface area contributed by atoms with Crippen LogP contribution in [0.25, 0.3) is 0 Å². The molecule has 0 aliphatic carbocycles. The number of nitrogens with zero attached hydrogens (tertiary/aromatic N) is 2. The Labute approximate surface area is 482 Å². The Morgan fingerprint density at radius 1 is 0.439 bits per heavy atom. The van der Waals surface area contributed by atoms with E-state index in [4.69, 9.17) is 27.3 Å². The monoisotopic (exact) mass is 1200 g/mol. The van der Waals surface area contributed by atoms with Gasteiger partial charge in [-0.3, -0.25) is 18.0 Å².